The molecule has 0 saturated heterocycles. The maximum absolute atomic E-state index is 12.9. The second-order valence-corrected chi connectivity index (χ2v) is 6.20. The maximum atomic E-state index is 12.9. The Bertz CT molecular complexity index is 1060. The monoisotopic (exact) mass is 355 g/mol. The lowest BCUT2D eigenvalue weighted by Crippen LogP contribution is -2.38. The minimum absolute atomic E-state index is 0.198. The van der Waals surface area contributed by atoms with E-state index in [2.05, 4.69) is 0 Å². The van der Waals surface area contributed by atoms with E-state index in [1.54, 1.807) is 31.4 Å². The van der Waals surface area contributed by atoms with E-state index in [1.165, 1.54) is 11.0 Å². The van der Waals surface area contributed by atoms with Crippen LogP contribution in [0.1, 0.15) is 15.9 Å². The summed E-state index contributed by atoms with van der Waals surface area (Å²) in [6, 6.07) is 11.7. The van der Waals surface area contributed by atoms with Crippen molar-refractivity contribution in [1.29, 1.82) is 0 Å². The average Bonchev–Trinajstić information content (AvgIpc) is 2.62. The summed E-state index contributed by atoms with van der Waals surface area (Å²) < 4.78 is 11.0. The quantitative estimate of drug-likeness (QED) is 0.704. The molecule has 3 aromatic rings. The van der Waals surface area contributed by atoms with Gasteiger partial charge in [-0.25, -0.2) is 0 Å². The number of para-hydroxylation sites is 1. The van der Waals surface area contributed by atoms with Gasteiger partial charge in [0, 0.05) is 18.2 Å². The van der Waals surface area contributed by atoms with Crippen LogP contribution in [0.3, 0.4) is 0 Å². The summed E-state index contributed by atoms with van der Waals surface area (Å²) in [4.78, 5) is 26.7. The standard InChI is InChI=1S/C19H14ClNO4/c1-24-12-6-5-11-7-8-21(19(23)14(11)9-12)17-10-16(22)13-3-2-4-15(20)18(13)25-17/h2-6,9-10H,7-8H2,1H3. The number of carbonyl (C=O) groups is 1. The molecule has 0 atom stereocenters. The van der Waals surface area contributed by atoms with E-state index < -0.39 is 0 Å². The Hall–Kier alpha value is -2.79. The van der Waals surface area contributed by atoms with Gasteiger partial charge in [0.25, 0.3) is 5.91 Å². The number of rotatable bonds is 2. The van der Waals surface area contributed by atoms with Crippen molar-refractivity contribution in [2.24, 2.45) is 0 Å². The van der Waals surface area contributed by atoms with Crippen molar-refractivity contribution >= 4 is 34.4 Å². The molecule has 25 heavy (non-hydrogen) atoms. The van der Waals surface area contributed by atoms with Crippen molar-refractivity contribution in [2.75, 3.05) is 18.6 Å². The van der Waals surface area contributed by atoms with Gasteiger partial charge in [-0.1, -0.05) is 23.7 Å². The first-order chi connectivity index (χ1) is 12.1. The van der Waals surface area contributed by atoms with Gasteiger partial charge in [0.1, 0.15) is 5.75 Å². The molecule has 6 heteroatoms. The van der Waals surface area contributed by atoms with Gasteiger partial charge in [0.2, 0.25) is 5.88 Å². The van der Waals surface area contributed by atoms with Crippen LogP contribution in [0.5, 0.6) is 5.75 Å². The number of benzene rings is 2. The Morgan fingerprint density at radius 2 is 2.00 bits per heavy atom. The Morgan fingerprint density at radius 3 is 2.80 bits per heavy atom. The third-order valence-corrected chi connectivity index (χ3v) is 4.65. The molecule has 0 spiro atoms. The van der Waals surface area contributed by atoms with E-state index in [-0.39, 0.29) is 22.8 Å². The summed E-state index contributed by atoms with van der Waals surface area (Å²) in [5.41, 5.74) is 1.55. The molecule has 0 unspecified atom stereocenters. The van der Waals surface area contributed by atoms with E-state index >= 15 is 0 Å². The summed E-state index contributed by atoms with van der Waals surface area (Å²) in [5, 5.41) is 0.728. The number of halogens is 1. The fourth-order valence-corrected chi connectivity index (χ4v) is 3.27. The SMILES string of the molecule is COc1ccc2c(c1)C(=O)N(c1cc(=O)c3cccc(Cl)c3o1)CC2. The fourth-order valence-electron chi connectivity index (χ4n) is 3.05. The predicted octanol–water partition coefficient (Wildman–Crippen LogP) is 3.66. The largest absolute Gasteiger partial charge is 0.497 e. The summed E-state index contributed by atoms with van der Waals surface area (Å²) in [6.07, 6.45) is 0.662. The molecule has 2 heterocycles. The Kier molecular flexibility index (Phi) is 3.73. The van der Waals surface area contributed by atoms with Gasteiger partial charge in [0.05, 0.1) is 17.5 Å². The molecule has 2 aromatic carbocycles. The van der Waals surface area contributed by atoms with E-state index in [0.29, 0.717) is 34.7 Å². The Morgan fingerprint density at radius 1 is 1.16 bits per heavy atom. The second kappa shape index (κ2) is 5.93. The van der Waals surface area contributed by atoms with Gasteiger partial charge in [0.15, 0.2) is 11.0 Å². The fraction of sp³-hybridized carbons (Fsp3) is 0.158. The molecule has 1 amide bonds. The van der Waals surface area contributed by atoms with Crippen LogP contribution in [0.4, 0.5) is 5.88 Å². The van der Waals surface area contributed by atoms with Crippen LogP contribution in [-0.4, -0.2) is 19.6 Å². The molecular weight excluding hydrogens is 342 g/mol. The topological polar surface area (TPSA) is 59.8 Å². The summed E-state index contributed by atoms with van der Waals surface area (Å²) in [5.74, 6) is 0.579. The second-order valence-electron chi connectivity index (χ2n) is 5.80. The molecule has 5 nitrogen and oxygen atoms in total. The molecule has 0 bridgehead atoms. The van der Waals surface area contributed by atoms with Crippen LogP contribution in [0.25, 0.3) is 11.0 Å². The first-order valence-corrected chi connectivity index (χ1v) is 8.17. The van der Waals surface area contributed by atoms with E-state index in [0.717, 1.165) is 5.56 Å². The Labute approximate surface area is 148 Å². The number of carbonyl (C=O) groups excluding carboxylic acids is 1. The summed E-state index contributed by atoms with van der Waals surface area (Å²) in [6.45, 7) is 0.428. The van der Waals surface area contributed by atoms with Crippen LogP contribution >= 0.6 is 11.6 Å². The van der Waals surface area contributed by atoms with Crippen LogP contribution < -0.4 is 15.1 Å². The highest BCUT2D eigenvalue weighted by atomic mass is 35.5. The minimum Gasteiger partial charge on any atom is -0.497 e. The molecule has 1 aromatic heterocycles. The van der Waals surface area contributed by atoms with Gasteiger partial charge < -0.3 is 9.15 Å². The number of hydrogen-bond donors (Lipinski definition) is 0. The molecule has 0 fully saturated rings. The number of amides is 1. The van der Waals surface area contributed by atoms with Gasteiger partial charge in [-0.2, -0.15) is 0 Å². The summed E-state index contributed by atoms with van der Waals surface area (Å²) in [7, 11) is 1.55. The van der Waals surface area contributed by atoms with Crippen LogP contribution in [0.2, 0.25) is 5.02 Å². The number of nitrogens with zero attached hydrogens (tertiary/aromatic N) is 1. The zero-order chi connectivity index (χ0) is 17.6. The maximum Gasteiger partial charge on any atom is 0.261 e. The molecule has 0 N–H and O–H groups in total. The first-order valence-electron chi connectivity index (χ1n) is 7.79. The molecule has 1 aliphatic rings. The highest BCUT2D eigenvalue weighted by molar-refractivity contribution is 6.34. The minimum atomic E-state index is -0.233. The lowest BCUT2D eigenvalue weighted by Gasteiger charge is -2.27. The molecular formula is C19H14ClNO4. The molecule has 4 rings (SSSR count). The first kappa shape index (κ1) is 15.7. The predicted molar refractivity (Wildman–Crippen MR) is 95.9 cm³/mol. The van der Waals surface area contributed by atoms with Crippen molar-refractivity contribution in [3.05, 3.63) is 68.8 Å². The van der Waals surface area contributed by atoms with Gasteiger partial charge >= 0.3 is 0 Å². The van der Waals surface area contributed by atoms with E-state index in [9.17, 15) is 9.59 Å². The lowest BCUT2D eigenvalue weighted by atomic mass is 9.98. The number of methoxy groups -OCH3 is 1. The average molecular weight is 356 g/mol. The molecule has 0 aliphatic carbocycles. The van der Waals surface area contributed by atoms with Gasteiger partial charge in [-0.3, -0.25) is 14.5 Å². The Balaban J connectivity index is 1.83. The molecule has 0 radical (unpaired) electrons. The van der Waals surface area contributed by atoms with Crippen molar-refractivity contribution in [3.63, 3.8) is 0 Å². The normalized spacial score (nSPS) is 13.8. The highest BCUT2D eigenvalue weighted by Crippen LogP contribution is 2.30. The van der Waals surface area contributed by atoms with Gasteiger partial charge in [-0.15, -0.1) is 0 Å². The van der Waals surface area contributed by atoms with Crippen LogP contribution in [0.15, 0.2) is 51.7 Å². The number of fused-ring (bicyclic) bond motifs is 2. The van der Waals surface area contributed by atoms with Crippen LogP contribution in [-0.2, 0) is 6.42 Å². The molecule has 0 saturated carbocycles. The van der Waals surface area contributed by atoms with Crippen molar-refractivity contribution in [1.82, 2.24) is 0 Å². The zero-order valence-electron chi connectivity index (χ0n) is 13.4. The van der Waals surface area contributed by atoms with Gasteiger partial charge in [-0.05, 0) is 36.2 Å². The smallest absolute Gasteiger partial charge is 0.261 e. The highest BCUT2D eigenvalue weighted by Gasteiger charge is 2.28. The molecule has 1 aliphatic heterocycles. The third kappa shape index (κ3) is 2.57. The third-order valence-electron chi connectivity index (χ3n) is 4.36. The zero-order valence-corrected chi connectivity index (χ0v) is 14.2. The van der Waals surface area contributed by atoms with Crippen molar-refractivity contribution in [3.8, 4) is 5.75 Å². The van der Waals surface area contributed by atoms with Crippen LogP contribution in [0, 0.1) is 0 Å². The number of ether oxygens (including phenoxy) is 1. The van der Waals surface area contributed by atoms with E-state index in [1.807, 2.05) is 12.1 Å². The summed E-state index contributed by atoms with van der Waals surface area (Å²) >= 11 is 6.14. The van der Waals surface area contributed by atoms with E-state index in [4.69, 9.17) is 20.8 Å². The van der Waals surface area contributed by atoms with Crippen molar-refractivity contribution < 1.29 is 13.9 Å². The number of anilines is 1. The number of hydrogen-bond acceptors (Lipinski definition) is 4. The van der Waals surface area contributed by atoms with Crippen molar-refractivity contribution in [2.45, 2.75) is 6.42 Å². The lowest BCUT2D eigenvalue weighted by molar-refractivity contribution is 0.0976. The molecule has 126 valence electrons.